The maximum absolute atomic E-state index is 9.00. The molecule has 1 unspecified atom stereocenters. The lowest BCUT2D eigenvalue weighted by Crippen LogP contribution is -2.22. The van der Waals surface area contributed by atoms with Gasteiger partial charge < -0.3 is 0 Å². The highest BCUT2D eigenvalue weighted by molar-refractivity contribution is 6.30. The molecule has 0 aromatic heterocycles. The lowest BCUT2D eigenvalue weighted by molar-refractivity contribution is 0.248. The van der Waals surface area contributed by atoms with Gasteiger partial charge in [-0.15, -0.1) is 0 Å². The van der Waals surface area contributed by atoms with Crippen molar-refractivity contribution in [2.24, 2.45) is 0 Å². The largest absolute Gasteiger partial charge is 0.292 e. The molecule has 2 nitrogen and oxygen atoms in total. The highest BCUT2D eigenvalue weighted by atomic mass is 35.5. The van der Waals surface area contributed by atoms with Crippen molar-refractivity contribution in [1.29, 1.82) is 5.26 Å². The molecule has 0 spiro atoms. The van der Waals surface area contributed by atoms with Crippen LogP contribution in [-0.2, 0) is 6.54 Å². The average molecular weight is 297 g/mol. The van der Waals surface area contributed by atoms with E-state index in [1.807, 2.05) is 30.3 Å². The Morgan fingerprint density at radius 1 is 1.19 bits per heavy atom. The summed E-state index contributed by atoms with van der Waals surface area (Å²) in [5.41, 5.74) is 3.26. The first-order valence-electron chi connectivity index (χ1n) is 7.25. The molecule has 1 atom stereocenters. The third-order valence-corrected chi connectivity index (χ3v) is 4.31. The Labute approximate surface area is 130 Å². The summed E-state index contributed by atoms with van der Waals surface area (Å²) in [5.74, 6) is 0. The average Bonchev–Trinajstić information content (AvgIpc) is 2.96. The maximum Gasteiger partial charge on any atom is 0.0991 e. The van der Waals surface area contributed by atoms with Gasteiger partial charge in [0.25, 0.3) is 0 Å². The summed E-state index contributed by atoms with van der Waals surface area (Å²) in [6.07, 6.45) is 2.39. The minimum atomic E-state index is 0.452. The lowest BCUT2D eigenvalue weighted by atomic mass is 10.0. The minimum Gasteiger partial charge on any atom is -0.292 e. The zero-order chi connectivity index (χ0) is 14.7. The summed E-state index contributed by atoms with van der Waals surface area (Å²) in [4.78, 5) is 2.49. The van der Waals surface area contributed by atoms with Crippen LogP contribution in [0.25, 0.3) is 0 Å². The van der Waals surface area contributed by atoms with E-state index in [2.05, 4.69) is 29.2 Å². The molecule has 1 saturated heterocycles. The molecule has 0 saturated carbocycles. The van der Waals surface area contributed by atoms with Crippen molar-refractivity contribution in [3.8, 4) is 6.07 Å². The van der Waals surface area contributed by atoms with E-state index in [1.165, 1.54) is 24.0 Å². The fourth-order valence-corrected chi connectivity index (χ4v) is 3.18. The number of nitriles is 1. The van der Waals surface area contributed by atoms with Crippen LogP contribution in [0.2, 0.25) is 5.02 Å². The van der Waals surface area contributed by atoms with Crippen molar-refractivity contribution < 1.29 is 0 Å². The first-order chi connectivity index (χ1) is 10.3. The number of hydrogen-bond donors (Lipinski definition) is 0. The van der Waals surface area contributed by atoms with Crippen LogP contribution in [0.4, 0.5) is 0 Å². The molecule has 1 heterocycles. The number of halogens is 1. The summed E-state index contributed by atoms with van der Waals surface area (Å²) >= 11 is 5.97. The van der Waals surface area contributed by atoms with Gasteiger partial charge in [-0.1, -0.05) is 35.9 Å². The molecule has 2 aromatic carbocycles. The quantitative estimate of drug-likeness (QED) is 0.831. The van der Waals surface area contributed by atoms with Crippen LogP contribution in [0.5, 0.6) is 0 Å². The Morgan fingerprint density at radius 3 is 2.76 bits per heavy atom. The zero-order valence-corrected chi connectivity index (χ0v) is 12.6. The van der Waals surface area contributed by atoms with Crippen LogP contribution >= 0.6 is 11.6 Å². The third kappa shape index (κ3) is 3.26. The van der Waals surface area contributed by atoms with Crippen molar-refractivity contribution >= 4 is 11.6 Å². The van der Waals surface area contributed by atoms with E-state index in [-0.39, 0.29) is 0 Å². The van der Waals surface area contributed by atoms with Crippen molar-refractivity contribution in [3.63, 3.8) is 0 Å². The van der Waals surface area contributed by atoms with Gasteiger partial charge in [-0.25, -0.2) is 0 Å². The molecule has 0 aliphatic carbocycles. The molecule has 0 N–H and O–H groups in total. The summed E-state index contributed by atoms with van der Waals surface area (Å²) < 4.78 is 0. The topological polar surface area (TPSA) is 27.0 Å². The van der Waals surface area contributed by atoms with Gasteiger partial charge in [-0.2, -0.15) is 5.26 Å². The summed E-state index contributed by atoms with van der Waals surface area (Å²) in [6.45, 7) is 1.99. The van der Waals surface area contributed by atoms with Gasteiger partial charge in [-0.05, 0) is 54.8 Å². The van der Waals surface area contributed by atoms with Gasteiger partial charge in [0.2, 0.25) is 0 Å². The SMILES string of the molecule is N#Cc1cccc(CN2CCCC2c2ccc(Cl)cc2)c1. The fraction of sp³-hybridized carbons (Fsp3) is 0.278. The number of likely N-dealkylation sites (tertiary alicyclic amines) is 1. The summed E-state index contributed by atoms with van der Waals surface area (Å²) in [7, 11) is 0. The van der Waals surface area contributed by atoms with Crippen LogP contribution in [0.3, 0.4) is 0 Å². The minimum absolute atomic E-state index is 0.452. The van der Waals surface area contributed by atoms with Crippen molar-refractivity contribution in [3.05, 3.63) is 70.2 Å². The van der Waals surface area contributed by atoms with Gasteiger partial charge in [-0.3, -0.25) is 4.90 Å². The van der Waals surface area contributed by atoms with E-state index in [9.17, 15) is 0 Å². The Hall–Kier alpha value is -1.82. The molecule has 1 aliphatic heterocycles. The Bertz CT molecular complexity index is 658. The van der Waals surface area contributed by atoms with E-state index in [4.69, 9.17) is 16.9 Å². The fourth-order valence-electron chi connectivity index (χ4n) is 3.05. The molecule has 3 heteroatoms. The molecule has 0 bridgehead atoms. The highest BCUT2D eigenvalue weighted by Crippen LogP contribution is 2.33. The first-order valence-corrected chi connectivity index (χ1v) is 7.62. The molecule has 0 radical (unpaired) electrons. The zero-order valence-electron chi connectivity index (χ0n) is 11.8. The third-order valence-electron chi connectivity index (χ3n) is 4.06. The first kappa shape index (κ1) is 14.1. The molecular weight excluding hydrogens is 280 g/mol. The maximum atomic E-state index is 9.00. The van der Waals surface area contributed by atoms with Crippen LogP contribution in [-0.4, -0.2) is 11.4 Å². The second-order valence-electron chi connectivity index (χ2n) is 5.49. The lowest BCUT2D eigenvalue weighted by Gasteiger charge is -2.25. The number of nitrogens with zero attached hydrogens (tertiary/aromatic N) is 2. The molecule has 21 heavy (non-hydrogen) atoms. The summed E-state index contributed by atoms with van der Waals surface area (Å²) in [6, 6.07) is 18.7. The number of benzene rings is 2. The predicted octanol–water partition coefficient (Wildman–Crippen LogP) is 4.55. The van der Waals surface area contributed by atoms with E-state index in [0.717, 1.165) is 23.7 Å². The van der Waals surface area contributed by atoms with Crippen molar-refractivity contribution in [2.45, 2.75) is 25.4 Å². The number of rotatable bonds is 3. The molecule has 1 aliphatic rings. The van der Waals surface area contributed by atoms with Gasteiger partial charge in [0.1, 0.15) is 0 Å². The second-order valence-corrected chi connectivity index (χ2v) is 5.93. The monoisotopic (exact) mass is 296 g/mol. The van der Waals surface area contributed by atoms with Crippen LogP contribution in [0.15, 0.2) is 48.5 Å². The number of hydrogen-bond acceptors (Lipinski definition) is 2. The molecule has 1 fully saturated rings. The standard InChI is InChI=1S/C18H17ClN2/c19-17-8-6-16(7-9-17)18-5-2-10-21(18)13-15-4-1-3-14(11-15)12-20/h1,3-4,6-9,11,18H,2,5,10,13H2. The van der Waals surface area contributed by atoms with Gasteiger partial charge in [0.15, 0.2) is 0 Å². The van der Waals surface area contributed by atoms with Crippen LogP contribution < -0.4 is 0 Å². The predicted molar refractivity (Wildman–Crippen MR) is 85.0 cm³/mol. The Morgan fingerprint density at radius 2 is 2.00 bits per heavy atom. The normalized spacial score (nSPS) is 18.6. The second kappa shape index (κ2) is 6.30. The molecule has 2 aromatic rings. The van der Waals surface area contributed by atoms with Crippen LogP contribution in [0, 0.1) is 11.3 Å². The molecule has 0 amide bonds. The molecule has 106 valence electrons. The Kier molecular flexibility index (Phi) is 4.24. The van der Waals surface area contributed by atoms with Crippen molar-refractivity contribution in [1.82, 2.24) is 4.90 Å². The van der Waals surface area contributed by atoms with E-state index in [1.54, 1.807) is 0 Å². The smallest absolute Gasteiger partial charge is 0.0991 e. The van der Waals surface area contributed by atoms with Crippen LogP contribution in [0.1, 0.15) is 35.6 Å². The summed E-state index contributed by atoms with van der Waals surface area (Å²) in [5, 5.41) is 9.79. The highest BCUT2D eigenvalue weighted by Gasteiger charge is 2.25. The molecular formula is C18H17ClN2. The van der Waals surface area contributed by atoms with Gasteiger partial charge in [0.05, 0.1) is 11.6 Å². The van der Waals surface area contributed by atoms with Crippen molar-refractivity contribution in [2.75, 3.05) is 6.54 Å². The van der Waals surface area contributed by atoms with E-state index in [0.29, 0.717) is 6.04 Å². The van der Waals surface area contributed by atoms with E-state index < -0.39 is 0 Å². The Balaban J connectivity index is 1.78. The van der Waals surface area contributed by atoms with Gasteiger partial charge in [0, 0.05) is 17.6 Å². The molecule has 3 rings (SSSR count). The van der Waals surface area contributed by atoms with Gasteiger partial charge >= 0.3 is 0 Å². The van der Waals surface area contributed by atoms with E-state index >= 15 is 0 Å².